The molecule has 7 heteroatoms. The Morgan fingerprint density at radius 1 is 1.32 bits per heavy atom. The largest absolute Gasteiger partial charge is 0.326 e. The Morgan fingerprint density at radius 2 is 2.00 bits per heavy atom. The smallest absolute Gasteiger partial charge is 0.242 e. The van der Waals surface area contributed by atoms with Gasteiger partial charge in [0.25, 0.3) is 0 Å². The molecule has 0 spiro atoms. The van der Waals surface area contributed by atoms with Crippen molar-refractivity contribution in [1.29, 1.82) is 0 Å². The van der Waals surface area contributed by atoms with E-state index in [-0.39, 0.29) is 10.8 Å². The number of nitrogens with one attached hydrogen (secondary N) is 2. The van der Waals surface area contributed by atoms with Gasteiger partial charge in [0.05, 0.1) is 4.90 Å². The molecule has 0 aromatic heterocycles. The number of hydrogen-bond donors (Lipinski definition) is 2. The third kappa shape index (κ3) is 4.28. The third-order valence-corrected chi connectivity index (χ3v) is 5.64. The lowest BCUT2D eigenvalue weighted by Gasteiger charge is -2.22. The number of carbonyl (C=O) groups is 1. The van der Waals surface area contributed by atoms with Gasteiger partial charge >= 0.3 is 0 Å². The molecule has 1 heterocycles. The number of anilines is 1. The first-order valence-electron chi connectivity index (χ1n) is 7.43. The average molecular weight is 325 g/mol. The molecule has 22 heavy (non-hydrogen) atoms. The molecule has 1 amide bonds. The molecular formula is C15H23N3O3S. The summed E-state index contributed by atoms with van der Waals surface area (Å²) in [5.41, 5.74) is 0.516. The van der Waals surface area contributed by atoms with Crippen LogP contribution in [0.5, 0.6) is 0 Å². The van der Waals surface area contributed by atoms with Crippen LogP contribution in [0.3, 0.4) is 0 Å². The minimum atomic E-state index is -3.49. The molecule has 1 aromatic carbocycles. The molecule has 2 rings (SSSR count). The monoisotopic (exact) mass is 325 g/mol. The van der Waals surface area contributed by atoms with Crippen molar-refractivity contribution in [3.63, 3.8) is 0 Å². The van der Waals surface area contributed by atoms with Crippen molar-refractivity contribution in [2.75, 3.05) is 32.5 Å². The minimum absolute atomic E-state index is 0.0636. The summed E-state index contributed by atoms with van der Waals surface area (Å²) in [4.78, 5) is 12.3. The summed E-state index contributed by atoms with van der Waals surface area (Å²) in [7, 11) is -0.521. The van der Waals surface area contributed by atoms with E-state index in [2.05, 4.69) is 10.6 Å². The zero-order chi connectivity index (χ0) is 16.2. The van der Waals surface area contributed by atoms with E-state index in [1.54, 1.807) is 12.1 Å². The highest BCUT2D eigenvalue weighted by Crippen LogP contribution is 2.20. The topological polar surface area (TPSA) is 78.5 Å². The quantitative estimate of drug-likeness (QED) is 0.854. The van der Waals surface area contributed by atoms with Gasteiger partial charge in [0.2, 0.25) is 15.9 Å². The number of carbonyl (C=O) groups excluding carboxylic acids is 1. The molecule has 1 saturated heterocycles. The van der Waals surface area contributed by atoms with Crippen LogP contribution in [0.2, 0.25) is 0 Å². The molecule has 1 aliphatic rings. The summed E-state index contributed by atoms with van der Waals surface area (Å²) >= 11 is 0. The van der Waals surface area contributed by atoms with E-state index in [0.717, 1.165) is 30.2 Å². The summed E-state index contributed by atoms with van der Waals surface area (Å²) < 4.78 is 25.3. The van der Waals surface area contributed by atoms with Crippen LogP contribution in [0.25, 0.3) is 0 Å². The Kier molecular flexibility index (Phi) is 5.55. The third-order valence-electron chi connectivity index (χ3n) is 3.83. The van der Waals surface area contributed by atoms with Crippen LogP contribution in [-0.2, 0) is 14.8 Å². The fourth-order valence-electron chi connectivity index (χ4n) is 2.51. The number of hydrogen-bond acceptors (Lipinski definition) is 4. The number of piperidine rings is 1. The lowest BCUT2D eigenvalue weighted by atomic mass is 9.94. The molecule has 0 aliphatic carbocycles. The minimum Gasteiger partial charge on any atom is -0.326 e. The van der Waals surface area contributed by atoms with Crippen LogP contribution < -0.4 is 10.6 Å². The molecule has 2 N–H and O–H groups in total. The highest BCUT2D eigenvalue weighted by Gasteiger charge is 2.19. The molecular weight excluding hydrogens is 302 g/mol. The van der Waals surface area contributed by atoms with Crippen LogP contribution in [0.4, 0.5) is 5.69 Å². The lowest BCUT2D eigenvalue weighted by molar-refractivity contribution is -0.117. The Labute approximate surface area is 131 Å². The molecule has 0 bridgehead atoms. The van der Waals surface area contributed by atoms with Gasteiger partial charge in [0, 0.05) is 26.2 Å². The van der Waals surface area contributed by atoms with Crippen molar-refractivity contribution in [3.05, 3.63) is 24.3 Å². The fourth-order valence-corrected chi connectivity index (χ4v) is 3.45. The van der Waals surface area contributed by atoms with Crippen molar-refractivity contribution in [2.45, 2.75) is 24.2 Å². The maximum atomic E-state index is 12.1. The molecule has 0 saturated carbocycles. The second-order valence-corrected chi connectivity index (χ2v) is 7.91. The maximum absolute atomic E-state index is 12.1. The number of amides is 1. The first kappa shape index (κ1) is 16.9. The Balaban J connectivity index is 2.02. The second-order valence-electron chi connectivity index (χ2n) is 5.76. The van der Waals surface area contributed by atoms with Crippen molar-refractivity contribution >= 4 is 21.6 Å². The van der Waals surface area contributed by atoms with E-state index in [1.807, 2.05) is 0 Å². The number of benzene rings is 1. The number of sulfonamides is 1. The van der Waals surface area contributed by atoms with Crippen molar-refractivity contribution in [3.8, 4) is 0 Å². The zero-order valence-corrected chi connectivity index (χ0v) is 13.8. The number of nitrogens with zero attached hydrogens (tertiary/aromatic N) is 1. The zero-order valence-electron chi connectivity index (χ0n) is 13.0. The van der Waals surface area contributed by atoms with Crippen LogP contribution in [-0.4, -0.2) is 45.8 Å². The standard InChI is InChI=1S/C15H23N3O3S/c1-18(2)22(20,21)14-5-3-4-13(11-14)17-15(19)10-12-6-8-16-9-7-12/h3-5,11-12,16H,6-10H2,1-2H3,(H,17,19). The van der Waals surface area contributed by atoms with Gasteiger partial charge in [0.15, 0.2) is 0 Å². The van der Waals surface area contributed by atoms with Gasteiger partial charge in [-0.25, -0.2) is 12.7 Å². The Hall–Kier alpha value is -1.44. The first-order valence-corrected chi connectivity index (χ1v) is 8.87. The molecule has 6 nitrogen and oxygen atoms in total. The van der Waals surface area contributed by atoms with Crippen LogP contribution >= 0.6 is 0 Å². The molecule has 1 aromatic rings. The van der Waals surface area contributed by atoms with Gasteiger partial charge < -0.3 is 10.6 Å². The van der Waals surface area contributed by atoms with Crippen molar-refractivity contribution in [1.82, 2.24) is 9.62 Å². The van der Waals surface area contributed by atoms with Crippen molar-refractivity contribution < 1.29 is 13.2 Å². The summed E-state index contributed by atoms with van der Waals surface area (Å²) in [6.45, 7) is 1.91. The fraction of sp³-hybridized carbons (Fsp3) is 0.533. The predicted molar refractivity (Wildman–Crippen MR) is 86.2 cm³/mol. The molecule has 0 atom stereocenters. The molecule has 1 fully saturated rings. The average Bonchev–Trinajstić information content (AvgIpc) is 2.48. The van der Waals surface area contributed by atoms with E-state index >= 15 is 0 Å². The van der Waals surface area contributed by atoms with Crippen LogP contribution in [0.15, 0.2) is 29.2 Å². The van der Waals surface area contributed by atoms with E-state index in [9.17, 15) is 13.2 Å². The summed E-state index contributed by atoms with van der Waals surface area (Å²) in [5, 5.41) is 6.07. The molecule has 0 radical (unpaired) electrons. The summed E-state index contributed by atoms with van der Waals surface area (Å²) in [6, 6.07) is 6.36. The van der Waals surface area contributed by atoms with Crippen molar-refractivity contribution in [2.24, 2.45) is 5.92 Å². The molecule has 1 aliphatic heterocycles. The van der Waals surface area contributed by atoms with Gasteiger partial charge in [-0.05, 0) is 50.0 Å². The highest BCUT2D eigenvalue weighted by molar-refractivity contribution is 7.89. The van der Waals surface area contributed by atoms with E-state index < -0.39 is 10.0 Å². The summed E-state index contributed by atoms with van der Waals surface area (Å²) in [6.07, 6.45) is 2.48. The number of rotatable bonds is 5. The molecule has 0 unspecified atom stereocenters. The SMILES string of the molecule is CN(C)S(=O)(=O)c1cccc(NC(=O)CC2CCNCC2)c1. The Bertz CT molecular complexity index is 623. The lowest BCUT2D eigenvalue weighted by Crippen LogP contribution is -2.30. The van der Waals surface area contributed by atoms with Crippen LogP contribution in [0, 0.1) is 5.92 Å². The van der Waals surface area contributed by atoms with Crippen LogP contribution in [0.1, 0.15) is 19.3 Å². The second kappa shape index (κ2) is 7.21. The van der Waals surface area contributed by atoms with E-state index in [0.29, 0.717) is 18.0 Å². The van der Waals surface area contributed by atoms with E-state index in [1.165, 1.54) is 26.2 Å². The van der Waals surface area contributed by atoms with Gasteiger partial charge in [-0.2, -0.15) is 0 Å². The van der Waals surface area contributed by atoms with Gasteiger partial charge in [-0.3, -0.25) is 4.79 Å². The van der Waals surface area contributed by atoms with Gasteiger partial charge in [-0.15, -0.1) is 0 Å². The maximum Gasteiger partial charge on any atom is 0.242 e. The van der Waals surface area contributed by atoms with Gasteiger partial charge in [-0.1, -0.05) is 6.07 Å². The Morgan fingerprint density at radius 3 is 2.64 bits per heavy atom. The van der Waals surface area contributed by atoms with Gasteiger partial charge in [0.1, 0.15) is 0 Å². The summed E-state index contributed by atoms with van der Waals surface area (Å²) in [5.74, 6) is 0.334. The normalized spacial score (nSPS) is 16.7. The first-order chi connectivity index (χ1) is 10.4. The highest BCUT2D eigenvalue weighted by atomic mass is 32.2. The molecule has 122 valence electrons. The predicted octanol–water partition coefficient (Wildman–Crippen LogP) is 1.27. The van der Waals surface area contributed by atoms with E-state index in [4.69, 9.17) is 0 Å².